The normalized spacial score (nSPS) is 9.87. The van der Waals surface area contributed by atoms with E-state index in [9.17, 15) is 14.9 Å². The molecule has 0 saturated heterocycles. The molecule has 0 spiro atoms. The van der Waals surface area contributed by atoms with Gasteiger partial charge < -0.3 is 4.74 Å². The van der Waals surface area contributed by atoms with Gasteiger partial charge in [0.25, 0.3) is 5.69 Å². The van der Waals surface area contributed by atoms with Crippen molar-refractivity contribution in [3.05, 3.63) is 51.5 Å². The van der Waals surface area contributed by atoms with E-state index in [-0.39, 0.29) is 30.3 Å². The van der Waals surface area contributed by atoms with Crippen molar-refractivity contribution in [1.29, 1.82) is 0 Å². The van der Waals surface area contributed by atoms with Gasteiger partial charge in [0.15, 0.2) is 0 Å². The summed E-state index contributed by atoms with van der Waals surface area (Å²) >= 11 is 0. The zero-order chi connectivity index (χ0) is 16.3. The van der Waals surface area contributed by atoms with E-state index in [1.807, 2.05) is 0 Å². The molecular weight excluding hydrogens is 322 g/mol. The molecule has 0 radical (unpaired) electrons. The van der Waals surface area contributed by atoms with Crippen molar-refractivity contribution in [3.63, 3.8) is 0 Å². The van der Waals surface area contributed by atoms with Gasteiger partial charge in [0.2, 0.25) is 0 Å². The second-order valence-corrected chi connectivity index (χ2v) is 4.61. The zero-order valence-electron chi connectivity index (χ0n) is 12.9. The summed E-state index contributed by atoms with van der Waals surface area (Å²) in [4.78, 5) is 31.0. The van der Waals surface area contributed by atoms with Crippen LogP contribution in [0.15, 0.2) is 24.3 Å². The highest BCUT2D eigenvalue weighted by molar-refractivity contribution is 5.97. The molecular formula is C15H16ClN3O4. The van der Waals surface area contributed by atoms with E-state index in [2.05, 4.69) is 9.97 Å². The van der Waals surface area contributed by atoms with Crippen LogP contribution in [0.2, 0.25) is 0 Å². The Hall–Kier alpha value is -2.54. The van der Waals surface area contributed by atoms with E-state index in [1.165, 1.54) is 12.1 Å². The average Bonchev–Trinajstić information content (AvgIpc) is 2.46. The second kappa shape index (κ2) is 7.64. The molecule has 0 aliphatic carbocycles. The molecule has 122 valence electrons. The molecule has 1 aromatic heterocycles. The summed E-state index contributed by atoms with van der Waals surface area (Å²) in [5.74, 6) is -0.0615. The van der Waals surface area contributed by atoms with Crippen molar-refractivity contribution in [2.45, 2.75) is 20.8 Å². The van der Waals surface area contributed by atoms with Crippen LogP contribution in [-0.4, -0.2) is 27.5 Å². The van der Waals surface area contributed by atoms with E-state index < -0.39 is 10.9 Å². The Kier molecular flexibility index (Phi) is 6.15. The second-order valence-electron chi connectivity index (χ2n) is 4.61. The number of ether oxygens (including phenoxy) is 1. The molecule has 0 fully saturated rings. The van der Waals surface area contributed by atoms with Gasteiger partial charge in [-0.1, -0.05) is 12.1 Å². The van der Waals surface area contributed by atoms with Gasteiger partial charge in [-0.05, 0) is 20.8 Å². The molecule has 1 heterocycles. The number of benzene rings is 1. The van der Waals surface area contributed by atoms with Gasteiger partial charge in [-0.15, -0.1) is 12.4 Å². The lowest BCUT2D eigenvalue weighted by Crippen LogP contribution is -2.12. The van der Waals surface area contributed by atoms with E-state index in [0.29, 0.717) is 22.8 Å². The largest absolute Gasteiger partial charge is 0.462 e. The van der Waals surface area contributed by atoms with E-state index in [1.54, 1.807) is 32.9 Å². The number of carbonyl (C=O) groups is 1. The number of aromatic nitrogens is 2. The molecule has 1 aromatic carbocycles. The first-order chi connectivity index (χ1) is 10.4. The Balaban J connectivity index is 0.00000264. The summed E-state index contributed by atoms with van der Waals surface area (Å²) in [5.41, 5.74) is 1.46. The maximum atomic E-state index is 12.2. The van der Waals surface area contributed by atoms with Crippen LogP contribution in [0.25, 0.3) is 11.3 Å². The van der Waals surface area contributed by atoms with Crippen molar-refractivity contribution < 1.29 is 14.5 Å². The fraction of sp³-hybridized carbons (Fsp3) is 0.267. The number of esters is 1. The van der Waals surface area contributed by atoms with Gasteiger partial charge in [0.05, 0.1) is 22.9 Å². The zero-order valence-corrected chi connectivity index (χ0v) is 13.7. The first-order valence-corrected chi connectivity index (χ1v) is 6.71. The van der Waals surface area contributed by atoms with Crippen molar-refractivity contribution in [2.75, 3.05) is 6.61 Å². The topological polar surface area (TPSA) is 95.2 Å². The highest BCUT2D eigenvalue weighted by Crippen LogP contribution is 2.27. The van der Waals surface area contributed by atoms with Gasteiger partial charge in [-0.2, -0.15) is 0 Å². The molecule has 23 heavy (non-hydrogen) atoms. The molecule has 0 unspecified atom stereocenters. The lowest BCUT2D eigenvalue weighted by molar-refractivity contribution is -0.384. The molecule has 0 bridgehead atoms. The van der Waals surface area contributed by atoms with E-state index in [4.69, 9.17) is 4.74 Å². The smallest absolute Gasteiger partial charge is 0.342 e. The molecule has 0 saturated carbocycles. The van der Waals surface area contributed by atoms with Crippen LogP contribution in [-0.2, 0) is 4.74 Å². The third-order valence-corrected chi connectivity index (χ3v) is 3.01. The predicted molar refractivity (Wildman–Crippen MR) is 86.8 cm³/mol. The number of nitrogens with zero attached hydrogens (tertiary/aromatic N) is 3. The first kappa shape index (κ1) is 18.5. The SMILES string of the molecule is CCOC(=O)c1c(C)nc(C)nc1-c1cccc([N+](=O)[O-])c1.Cl. The summed E-state index contributed by atoms with van der Waals surface area (Å²) in [6.07, 6.45) is 0. The third-order valence-electron chi connectivity index (χ3n) is 3.01. The van der Waals surface area contributed by atoms with Gasteiger partial charge in [-0.25, -0.2) is 14.8 Å². The lowest BCUT2D eigenvalue weighted by atomic mass is 10.0. The Morgan fingerprint density at radius 3 is 2.61 bits per heavy atom. The molecule has 2 aromatic rings. The Morgan fingerprint density at radius 1 is 1.30 bits per heavy atom. The lowest BCUT2D eigenvalue weighted by Gasteiger charge is -2.11. The average molecular weight is 338 g/mol. The van der Waals surface area contributed by atoms with E-state index in [0.717, 1.165) is 0 Å². The van der Waals surface area contributed by atoms with E-state index >= 15 is 0 Å². The van der Waals surface area contributed by atoms with Crippen LogP contribution >= 0.6 is 12.4 Å². The number of rotatable bonds is 4. The van der Waals surface area contributed by atoms with Crippen LogP contribution in [0, 0.1) is 24.0 Å². The molecule has 0 aliphatic heterocycles. The third kappa shape index (κ3) is 4.01. The summed E-state index contributed by atoms with van der Waals surface area (Å²) in [6, 6.07) is 5.98. The number of nitro benzene ring substituents is 1. The van der Waals surface area contributed by atoms with Crippen LogP contribution in [0.5, 0.6) is 0 Å². The molecule has 2 rings (SSSR count). The number of carbonyl (C=O) groups excluding carboxylic acids is 1. The van der Waals surface area contributed by atoms with Gasteiger partial charge in [0.1, 0.15) is 11.4 Å². The Labute approximate surface area is 139 Å². The minimum absolute atomic E-state index is 0. The minimum Gasteiger partial charge on any atom is -0.462 e. The van der Waals surface area contributed by atoms with Crippen LogP contribution in [0.3, 0.4) is 0 Å². The maximum Gasteiger partial charge on any atom is 0.342 e. The van der Waals surface area contributed by atoms with Crippen LogP contribution in [0.1, 0.15) is 28.8 Å². The van der Waals surface area contributed by atoms with Crippen molar-refractivity contribution in [2.24, 2.45) is 0 Å². The van der Waals surface area contributed by atoms with Crippen LogP contribution < -0.4 is 0 Å². The quantitative estimate of drug-likeness (QED) is 0.482. The van der Waals surface area contributed by atoms with Crippen LogP contribution in [0.4, 0.5) is 5.69 Å². The molecule has 0 atom stereocenters. The molecule has 0 N–H and O–H groups in total. The monoisotopic (exact) mass is 337 g/mol. The van der Waals surface area contributed by atoms with Crippen molar-refractivity contribution in [3.8, 4) is 11.3 Å². The van der Waals surface area contributed by atoms with Gasteiger partial charge >= 0.3 is 5.97 Å². The fourth-order valence-electron chi connectivity index (χ4n) is 2.14. The summed E-state index contributed by atoms with van der Waals surface area (Å²) in [7, 11) is 0. The van der Waals surface area contributed by atoms with Crippen molar-refractivity contribution in [1.82, 2.24) is 9.97 Å². The number of hydrogen-bond donors (Lipinski definition) is 0. The Morgan fingerprint density at radius 2 is 2.00 bits per heavy atom. The molecule has 7 nitrogen and oxygen atoms in total. The van der Waals surface area contributed by atoms with Gasteiger partial charge in [0, 0.05) is 17.7 Å². The number of non-ortho nitro benzene ring substituents is 1. The highest BCUT2D eigenvalue weighted by Gasteiger charge is 2.21. The summed E-state index contributed by atoms with van der Waals surface area (Å²) in [6.45, 7) is 5.31. The van der Waals surface area contributed by atoms with Gasteiger partial charge in [-0.3, -0.25) is 10.1 Å². The first-order valence-electron chi connectivity index (χ1n) is 6.71. The molecule has 8 heteroatoms. The number of nitro groups is 1. The fourth-order valence-corrected chi connectivity index (χ4v) is 2.14. The maximum absolute atomic E-state index is 12.2. The highest BCUT2D eigenvalue weighted by atomic mass is 35.5. The van der Waals surface area contributed by atoms with Crippen molar-refractivity contribution >= 4 is 24.1 Å². The number of halogens is 1. The number of hydrogen-bond acceptors (Lipinski definition) is 6. The molecule has 0 aliphatic rings. The Bertz CT molecular complexity index is 749. The summed E-state index contributed by atoms with van der Waals surface area (Å²) < 4.78 is 5.04. The number of aryl methyl sites for hydroxylation is 2. The molecule has 0 amide bonds. The predicted octanol–water partition coefficient (Wildman–Crippen LogP) is 3.27. The standard InChI is InChI=1S/C15H15N3O4.ClH/c1-4-22-15(19)13-9(2)16-10(3)17-14(13)11-6-5-7-12(8-11)18(20)21;/h5-8H,4H2,1-3H3;1H. The minimum atomic E-state index is -0.540. The summed E-state index contributed by atoms with van der Waals surface area (Å²) in [5, 5.41) is 10.9.